The molecule has 0 radical (unpaired) electrons. The molecule has 2 aromatic rings. The number of aromatic nitrogens is 1. The number of carbonyl (C=O) groups excluding carboxylic acids is 1. The maximum Gasteiger partial charge on any atom is 0.251 e. The SMILES string of the molecule is CNC(=O)c1ccc(NC(C)c2cccnc2)c(C)c1. The molecule has 20 heavy (non-hydrogen) atoms. The van der Waals surface area contributed by atoms with E-state index in [9.17, 15) is 4.79 Å². The fourth-order valence-electron chi connectivity index (χ4n) is 2.06. The van der Waals surface area contributed by atoms with Crippen molar-refractivity contribution in [1.82, 2.24) is 10.3 Å². The number of carbonyl (C=O) groups is 1. The number of nitrogens with zero attached hydrogens (tertiary/aromatic N) is 1. The van der Waals surface area contributed by atoms with Crippen molar-refractivity contribution in [3.63, 3.8) is 0 Å². The molecule has 1 aromatic carbocycles. The summed E-state index contributed by atoms with van der Waals surface area (Å²) in [5.41, 5.74) is 3.86. The molecule has 1 aromatic heterocycles. The van der Waals surface area contributed by atoms with E-state index in [1.807, 2.05) is 43.5 Å². The Morgan fingerprint density at radius 3 is 2.70 bits per heavy atom. The first kappa shape index (κ1) is 14.1. The summed E-state index contributed by atoms with van der Waals surface area (Å²) in [6.07, 6.45) is 3.62. The van der Waals surface area contributed by atoms with Gasteiger partial charge in [-0.05, 0) is 49.2 Å². The Morgan fingerprint density at radius 2 is 2.10 bits per heavy atom. The van der Waals surface area contributed by atoms with Gasteiger partial charge in [0.1, 0.15) is 0 Å². The average molecular weight is 269 g/mol. The topological polar surface area (TPSA) is 54.0 Å². The van der Waals surface area contributed by atoms with Crippen molar-refractivity contribution in [2.45, 2.75) is 19.9 Å². The molecule has 2 rings (SSSR count). The van der Waals surface area contributed by atoms with E-state index in [1.165, 1.54) is 0 Å². The standard InChI is InChI=1S/C16H19N3O/c1-11-9-13(16(20)17-3)6-7-15(11)19-12(2)14-5-4-8-18-10-14/h4-10,12,19H,1-3H3,(H,17,20). The van der Waals surface area contributed by atoms with Gasteiger partial charge in [-0.25, -0.2) is 0 Å². The van der Waals surface area contributed by atoms with Gasteiger partial charge in [-0.3, -0.25) is 9.78 Å². The van der Waals surface area contributed by atoms with Gasteiger partial charge in [0.15, 0.2) is 0 Å². The molecule has 1 heterocycles. The molecule has 1 amide bonds. The number of aryl methyl sites for hydroxylation is 1. The van der Waals surface area contributed by atoms with Gasteiger partial charge in [0.2, 0.25) is 0 Å². The molecule has 4 heteroatoms. The third-order valence-corrected chi connectivity index (χ3v) is 3.27. The lowest BCUT2D eigenvalue weighted by molar-refractivity contribution is 0.0963. The molecule has 2 N–H and O–H groups in total. The second kappa shape index (κ2) is 6.19. The first-order valence-corrected chi connectivity index (χ1v) is 6.61. The van der Waals surface area contributed by atoms with Crippen molar-refractivity contribution in [2.24, 2.45) is 0 Å². The smallest absolute Gasteiger partial charge is 0.251 e. The molecule has 0 aliphatic rings. The number of anilines is 1. The highest BCUT2D eigenvalue weighted by Crippen LogP contribution is 2.22. The Hall–Kier alpha value is -2.36. The van der Waals surface area contributed by atoms with Crippen LogP contribution in [-0.2, 0) is 0 Å². The summed E-state index contributed by atoms with van der Waals surface area (Å²) in [6, 6.07) is 9.77. The van der Waals surface area contributed by atoms with Crippen LogP contribution in [0.1, 0.15) is 34.5 Å². The number of benzene rings is 1. The maximum atomic E-state index is 11.6. The van der Waals surface area contributed by atoms with E-state index >= 15 is 0 Å². The number of pyridine rings is 1. The zero-order chi connectivity index (χ0) is 14.5. The van der Waals surface area contributed by atoms with E-state index in [4.69, 9.17) is 0 Å². The third kappa shape index (κ3) is 3.15. The zero-order valence-corrected chi connectivity index (χ0v) is 12.0. The Morgan fingerprint density at radius 1 is 1.30 bits per heavy atom. The number of hydrogen-bond donors (Lipinski definition) is 2. The summed E-state index contributed by atoms with van der Waals surface area (Å²) in [5, 5.41) is 6.07. The molecule has 4 nitrogen and oxygen atoms in total. The third-order valence-electron chi connectivity index (χ3n) is 3.27. The van der Waals surface area contributed by atoms with Crippen LogP contribution < -0.4 is 10.6 Å². The van der Waals surface area contributed by atoms with Gasteiger partial charge in [0.05, 0.1) is 6.04 Å². The van der Waals surface area contributed by atoms with Crippen LogP contribution in [-0.4, -0.2) is 17.9 Å². The van der Waals surface area contributed by atoms with Gasteiger partial charge in [-0.2, -0.15) is 0 Å². The summed E-state index contributed by atoms with van der Waals surface area (Å²) in [7, 11) is 1.63. The summed E-state index contributed by atoms with van der Waals surface area (Å²) < 4.78 is 0. The number of amides is 1. The van der Waals surface area contributed by atoms with Crippen LogP contribution in [0.15, 0.2) is 42.7 Å². The van der Waals surface area contributed by atoms with E-state index in [2.05, 4.69) is 22.5 Å². The van der Waals surface area contributed by atoms with Gasteiger partial charge >= 0.3 is 0 Å². The molecule has 0 aliphatic heterocycles. The molecule has 0 saturated heterocycles. The number of rotatable bonds is 4. The van der Waals surface area contributed by atoms with E-state index < -0.39 is 0 Å². The molecule has 0 aliphatic carbocycles. The molecule has 0 bridgehead atoms. The van der Waals surface area contributed by atoms with Gasteiger partial charge in [0, 0.05) is 30.7 Å². The highest BCUT2D eigenvalue weighted by Gasteiger charge is 2.09. The van der Waals surface area contributed by atoms with Crippen LogP contribution in [0.25, 0.3) is 0 Å². The van der Waals surface area contributed by atoms with Crippen LogP contribution in [0, 0.1) is 6.92 Å². The molecule has 104 valence electrons. The predicted molar refractivity (Wildman–Crippen MR) is 80.8 cm³/mol. The largest absolute Gasteiger partial charge is 0.378 e. The van der Waals surface area contributed by atoms with E-state index in [-0.39, 0.29) is 11.9 Å². The van der Waals surface area contributed by atoms with Gasteiger partial charge in [-0.15, -0.1) is 0 Å². The Bertz CT molecular complexity index is 596. The Balaban J connectivity index is 2.16. The van der Waals surface area contributed by atoms with Crippen LogP contribution in [0.3, 0.4) is 0 Å². The molecule has 0 saturated carbocycles. The van der Waals surface area contributed by atoms with Crippen LogP contribution in [0.5, 0.6) is 0 Å². The fourth-order valence-corrected chi connectivity index (χ4v) is 2.06. The van der Waals surface area contributed by atoms with Crippen LogP contribution in [0.2, 0.25) is 0 Å². The fraction of sp³-hybridized carbons (Fsp3) is 0.250. The highest BCUT2D eigenvalue weighted by atomic mass is 16.1. The summed E-state index contributed by atoms with van der Waals surface area (Å²) in [6.45, 7) is 4.08. The molecule has 0 spiro atoms. The summed E-state index contributed by atoms with van der Waals surface area (Å²) >= 11 is 0. The molecule has 1 unspecified atom stereocenters. The molecule has 1 atom stereocenters. The lowest BCUT2D eigenvalue weighted by atomic mass is 10.1. The quantitative estimate of drug-likeness (QED) is 0.897. The normalized spacial score (nSPS) is 11.8. The van der Waals surface area contributed by atoms with Crippen molar-refractivity contribution in [3.8, 4) is 0 Å². The number of hydrogen-bond acceptors (Lipinski definition) is 3. The Kier molecular flexibility index (Phi) is 4.35. The van der Waals surface area contributed by atoms with Gasteiger partial charge < -0.3 is 10.6 Å². The van der Waals surface area contributed by atoms with Gasteiger partial charge in [0.25, 0.3) is 5.91 Å². The lowest BCUT2D eigenvalue weighted by Gasteiger charge is -2.17. The molecular formula is C16H19N3O. The lowest BCUT2D eigenvalue weighted by Crippen LogP contribution is -2.18. The van der Waals surface area contributed by atoms with E-state index in [0.29, 0.717) is 5.56 Å². The first-order valence-electron chi connectivity index (χ1n) is 6.61. The average Bonchev–Trinajstić information content (AvgIpc) is 2.49. The maximum absolute atomic E-state index is 11.6. The monoisotopic (exact) mass is 269 g/mol. The predicted octanol–water partition coefficient (Wildman–Crippen LogP) is 2.92. The molecule has 0 fully saturated rings. The van der Waals surface area contributed by atoms with Crippen molar-refractivity contribution in [3.05, 3.63) is 59.4 Å². The van der Waals surface area contributed by atoms with Crippen molar-refractivity contribution >= 4 is 11.6 Å². The number of nitrogens with one attached hydrogen (secondary N) is 2. The van der Waals surface area contributed by atoms with E-state index in [0.717, 1.165) is 16.8 Å². The second-order valence-electron chi connectivity index (χ2n) is 4.76. The van der Waals surface area contributed by atoms with E-state index in [1.54, 1.807) is 13.2 Å². The van der Waals surface area contributed by atoms with Crippen molar-refractivity contribution in [1.29, 1.82) is 0 Å². The minimum absolute atomic E-state index is 0.0695. The van der Waals surface area contributed by atoms with Crippen LogP contribution >= 0.6 is 0 Å². The first-order chi connectivity index (χ1) is 9.61. The zero-order valence-electron chi connectivity index (χ0n) is 12.0. The second-order valence-corrected chi connectivity index (χ2v) is 4.76. The summed E-state index contributed by atoms with van der Waals surface area (Å²) in [5.74, 6) is -0.0695. The minimum atomic E-state index is -0.0695. The Labute approximate surface area is 119 Å². The van der Waals surface area contributed by atoms with Crippen molar-refractivity contribution in [2.75, 3.05) is 12.4 Å². The highest BCUT2D eigenvalue weighted by molar-refractivity contribution is 5.94. The molecular weight excluding hydrogens is 250 g/mol. The van der Waals surface area contributed by atoms with Gasteiger partial charge in [-0.1, -0.05) is 6.07 Å². The van der Waals surface area contributed by atoms with Crippen molar-refractivity contribution < 1.29 is 4.79 Å². The van der Waals surface area contributed by atoms with Crippen LogP contribution in [0.4, 0.5) is 5.69 Å². The minimum Gasteiger partial charge on any atom is -0.378 e. The summed E-state index contributed by atoms with van der Waals surface area (Å²) in [4.78, 5) is 15.7.